The van der Waals surface area contributed by atoms with Gasteiger partial charge in [-0.15, -0.1) is 0 Å². The molecule has 1 saturated heterocycles. The second kappa shape index (κ2) is 4.74. The number of rotatable bonds is 3. The summed E-state index contributed by atoms with van der Waals surface area (Å²) in [5.74, 6) is -2.83. The molecule has 5 atom stereocenters. The van der Waals surface area contributed by atoms with Gasteiger partial charge in [0.25, 0.3) is 10.1 Å². The molecule has 0 radical (unpaired) electrons. The molecule has 0 bridgehead atoms. The van der Waals surface area contributed by atoms with E-state index in [1.807, 2.05) is 0 Å². The number of aliphatic hydroxyl groups is 4. The highest BCUT2D eigenvalue weighted by atomic mass is 32.2. The molecule has 9 nitrogen and oxygen atoms in total. The van der Waals surface area contributed by atoms with Crippen molar-refractivity contribution >= 4 is 10.1 Å². The minimum atomic E-state index is -4.12. The van der Waals surface area contributed by atoms with E-state index >= 15 is 0 Å². The van der Waals surface area contributed by atoms with Crippen molar-refractivity contribution in [2.24, 2.45) is 5.73 Å². The van der Waals surface area contributed by atoms with Crippen LogP contribution in [0.5, 0.6) is 0 Å². The molecule has 1 aliphatic rings. The van der Waals surface area contributed by atoms with E-state index in [4.69, 9.17) is 10.8 Å². The highest BCUT2D eigenvalue weighted by molar-refractivity contribution is 7.86. The summed E-state index contributed by atoms with van der Waals surface area (Å²) in [7, 11) is -4.12. The number of hydrogen-bond acceptors (Lipinski definition) is 9. The summed E-state index contributed by atoms with van der Waals surface area (Å²) in [6.45, 7) is -0.764. The summed E-state index contributed by atoms with van der Waals surface area (Å²) in [6, 6.07) is -1.71. The van der Waals surface area contributed by atoms with E-state index in [1.54, 1.807) is 0 Å². The predicted octanol–water partition coefficient (Wildman–Crippen LogP) is -3.95. The van der Waals surface area contributed by atoms with Crippen molar-refractivity contribution in [1.82, 2.24) is 0 Å². The molecule has 1 aliphatic heterocycles. The zero-order valence-corrected chi connectivity index (χ0v) is 9.74. The molecule has 6 N–H and O–H groups in total. The minimum Gasteiger partial charge on any atom is -0.394 e. The Morgan fingerprint density at radius 1 is 1.41 bits per heavy atom. The topological polar surface area (TPSA) is 160 Å². The molecule has 17 heavy (non-hydrogen) atoms. The van der Waals surface area contributed by atoms with Crippen molar-refractivity contribution in [1.29, 1.82) is 0 Å². The SMILES string of the molecule is CS(=O)(=O)O[C@]1(O)O[C@H](CO)[C@@H](O)[C@H](O)[C@H]1N. The fourth-order valence-electron chi connectivity index (χ4n) is 1.45. The van der Waals surface area contributed by atoms with Crippen molar-refractivity contribution in [2.45, 2.75) is 30.3 Å². The Morgan fingerprint density at radius 3 is 2.35 bits per heavy atom. The lowest BCUT2D eigenvalue weighted by molar-refractivity contribution is -0.391. The molecule has 0 spiro atoms. The van der Waals surface area contributed by atoms with Crippen molar-refractivity contribution < 1.29 is 37.8 Å². The van der Waals surface area contributed by atoms with Crippen LogP contribution in [0.15, 0.2) is 0 Å². The molecule has 0 saturated carbocycles. The summed E-state index contributed by atoms with van der Waals surface area (Å²) in [5.41, 5.74) is 5.32. The van der Waals surface area contributed by atoms with Crippen LogP contribution in [0.3, 0.4) is 0 Å². The molecule has 0 unspecified atom stereocenters. The van der Waals surface area contributed by atoms with Crippen molar-refractivity contribution in [2.75, 3.05) is 12.9 Å². The van der Waals surface area contributed by atoms with Crippen LogP contribution in [-0.4, -0.2) is 72.0 Å². The summed E-state index contributed by atoms with van der Waals surface area (Å²) in [4.78, 5) is 0. The van der Waals surface area contributed by atoms with Gasteiger partial charge in [0.2, 0.25) is 0 Å². The smallest absolute Gasteiger partial charge is 0.314 e. The Morgan fingerprint density at radius 2 is 1.94 bits per heavy atom. The number of ether oxygens (including phenoxy) is 1. The van der Waals surface area contributed by atoms with Crippen LogP contribution in [-0.2, 0) is 19.0 Å². The summed E-state index contributed by atoms with van der Waals surface area (Å²) >= 11 is 0. The van der Waals surface area contributed by atoms with Gasteiger partial charge in [0.15, 0.2) is 0 Å². The van der Waals surface area contributed by atoms with E-state index in [9.17, 15) is 23.7 Å². The third-order valence-corrected chi connectivity index (χ3v) is 2.83. The Hall–Kier alpha value is -0.330. The molecule has 0 aromatic heterocycles. The second-order valence-electron chi connectivity index (χ2n) is 3.76. The van der Waals surface area contributed by atoms with Crippen molar-refractivity contribution in [3.05, 3.63) is 0 Å². The first-order chi connectivity index (χ1) is 7.60. The Bertz CT molecular complexity index is 370. The van der Waals surface area contributed by atoms with Crippen LogP contribution < -0.4 is 5.73 Å². The average molecular weight is 273 g/mol. The first-order valence-corrected chi connectivity index (χ1v) is 6.46. The lowest BCUT2D eigenvalue weighted by Crippen LogP contribution is -2.69. The molecule has 1 fully saturated rings. The van der Waals surface area contributed by atoms with E-state index in [0.29, 0.717) is 6.26 Å². The summed E-state index contributed by atoms with van der Waals surface area (Å²) < 4.78 is 30.7. The molecule has 0 aromatic rings. The fourth-order valence-corrected chi connectivity index (χ4v) is 2.03. The quantitative estimate of drug-likeness (QED) is 0.255. The van der Waals surface area contributed by atoms with Gasteiger partial charge < -0.3 is 30.9 Å². The molecule has 0 aliphatic carbocycles. The van der Waals surface area contributed by atoms with Crippen LogP contribution >= 0.6 is 0 Å². The minimum absolute atomic E-state index is 0.645. The third kappa shape index (κ3) is 3.11. The highest BCUT2D eigenvalue weighted by Gasteiger charge is 2.54. The largest absolute Gasteiger partial charge is 0.394 e. The van der Waals surface area contributed by atoms with Crippen LogP contribution in [0, 0.1) is 0 Å². The standard InChI is InChI=1S/C7H15NO8S/c1-17(13,14)16-7(12)6(8)5(11)4(10)3(2-9)15-7/h3-6,9-12H,2,8H2,1H3/t3-,4-,5+,6-,7-/m1/s1. The zero-order chi connectivity index (χ0) is 13.4. The van der Waals surface area contributed by atoms with Crippen LogP contribution in [0.4, 0.5) is 0 Å². The molecule has 10 heteroatoms. The molecule has 0 amide bonds. The number of aliphatic hydroxyl groups excluding tert-OH is 3. The molecule has 102 valence electrons. The van der Waals surface area contributed by atoms with Gasteiger partial charge in [-0.25, -0.2) is 4.18 Å². The average Bonchev–Trinajstić information content (AvgIpc) is 2.18. The van der Waals surface area contributed by atoms with Gasteiger partial charge in [-0.3, -0.25) is 0 Å². The maximum Gasteiger partial charge on any atom is 0.314 e. The fraction of sp³-hybridized carbons (Fsp3) is 1.00. The van der Waals surface area contributed by atoms with E-state index in [2.05, 4.69) is 8.92 Å². The van der Waals surface area contributed by atoms with E-state index in [1.165, 1.54) is 0 Å². The molecule has 1 heterocycles. The molecular formula is C7H15NO8S. The van der Waals surface area contributed by atoms with Crippen LogP contribution in [0.25, 0.3) is 0 Å². The van der Waals surface area contributed by atoms with Gasteiger partial charge in [-0.05, 0) is 0 Å². The van der Waals surface area contributed by atoms with Gasteiger partial charge in [0.1, 0.15) is 24.4 Å². The third-order valence-electron chi connectivity index (χ3n) is 2.29. The maximum absolute atomic E-state index is 10.9. The van der Waals surface area contributed by atoms with Gasteiger partial charge in [-0.1, -0.05) is 0 Å². The first kappa shape index (κ1) is 14.7. The molecule has 1 rings (SSSR count). The Labute approximate surface area is 97.5 Å². The van der Waals surface area contributed by atoms with Gasteiger partial charge in [0.05, 0.1) is 12.9 Å². The van der Waals surface area contributed by atoms with Gasteiger partial charge in [-0.2, -0.15) is 8.42 Å². The Balaban J connectivity index is 2.99. The normalized spacial score (nSPS) is 43.6. The van der Waals surface area contributed by atoms with Gasteiger partial charge in [0, 0.05) is 0 Å². The van der Waals surface area contributed by atoms with Gasteiger partial charge >= 0.3 is 5.97 Å². The zero-order valence-electron chi connectivity index (χ0n) is 8.92. The van der Waals surface area contributed by atoms with Crippen molar-refractivity contribution in [3.63, 3.8) is 0 Å². The molecular weight excluding hydrogens is 258 g/mol. The number of nitrogens with two attached hydrogens (primary N) is 1. The lowest BCUT2D eigenvalue weighted by Gasteiger charge is -2.44. The van der Waals surface area contributed by atoms with E-state index in [0.717, 1.165) is 0 Å². The lowest BCUT2D eigenvalue weighted by atomic mass is 9.96. The van der Waals surface area contributed by atoms with Crippen LogP contribution in [0.2, 0.25) is 0 Å². The van der Waals surface area contributed by atoms with Crippen molar-refractivity contribution in [3.8, 4) is 0 Å². The predicted molar refractivity (Wildman–Crippen MR) is 52.8 cm³/mol. The second-order valence-corrected chi connectivity index (χ2v) is 5.34. The van der Waals surface area contributed by atoms with E-state index in [-0.39, 0.29) is 0 Å². The highest BCUT2D eigenvalue weighted by Crippen LogP contribution is 2.28. The Kier molecular flexibility index (Phi) is 4.11. The first-order valence-electron chi connectivity index (χ1n) is 4.64. The van der Waals surface area contributed by atoms with E-state index < -0.39 is 47.1 Å². The summed E-state index contributed by atoms with van der Waals surface area (Å²) in [5, 5.41) is 37.5. The summed E-state index contributed by atoms with van der Waals surface area (Å²) in [6.07, 6.45) is -4.06. The van der Waals surface area contributed by atoms with Crippen LogP contribution in [0.1, 0.15) is 0 Å². The number of hydrogen-bond donors (Lipinski definition) is 5. The monoisotopic (exact) mass is 273 g/mol. The maximum atomic E-state index is 10.9. The molecule has 0 aromatic carbocycles.